The molecule has 1 aliphatic rings. The van der Waals surface area contributed by atoms with Gasteiger partial charge in [0.15, 0.2) is 5.13 Å². The minimum atomic E-state index is -0.217. The Morgan fingerprint density at radius 2 is 2.26 bits per heavy atom. The average molecular weight is 327 g/mol. The van der Waals surface area contributed by atoms with Gasteiger partial charge in [-0.1, -0.05) is 23.5 Å². The monoisotopic (exact) mass is 327 g/mol. The molecule has 0 radical (unpaired) electrons. The van der Waals surface area contributed by atoms with Gasteiger partial charge in [-0.25, -0.2) is 9.78 Å². The lowest BCUT2D eigenvalue weighted by atomic mass is 9.93. The predicted molar refractivity (Wildman–Crippen MR) is 90.7 cm³/mol. The number of hydrogen-bond donors (Lipinski definition) is 2. The number of benzene rings is 1. The molecule has 1 aromatic carbocycles. The summed E-state index contributed by atoms with van der Waals surface area (Å²) >= 11 is 1.48. The summed E-state index contributed by atoms with van der Waals surface area (Å²) in [6, 6.07) is 7.65. The molecule has 4 rings (SSSR count). The van der Waals surface area contributed by atoms with Crippen molar-refractivity contribution in [2.24, 2.45) is 7.05 Å². The summed E-state index contributed by atoms with van der Waals surface area (Å²) in [4.78, 5) is 16.7. The minimum absolute atomic E-state index is 0.0156. The average Bonchev–Trinajstić information content (AvgIpc) is 3.11. The van der Waals surface area contributed by atoms with Crippen LogP contribution in [-0.4, -0.2) is 20.8 Å². The Hall–Kier alpha value is -2.41. The van der Waals surface area contributed by atoms with Crippen molar-refractivity contribution in [1.82, 2.24) is 20.1 Å². The maximum absolute atomic E-state index is 12.3. The predicted octanol–water partition coefficient (Wildman–Crippen LogP) is 3.23. The number of carbonyl (C=O) groups is 1. The van der Waals surface area contributed by atoms with Gasteiger partial charge in [-0.3, -0.25) is 10.00 Å². The van der Waals surface area contributed by atoms with E-state index in [1.807, 2.05) is 42.2 Å². The number of amides is 2. The summed E-state index contributed by atoms with van der Waals surface area (Å²) < 4.78 is 2.96. The molecule has 23 heavy (non-hydrogen) atoms. The lowest BCUT2D eigenvalue weighted by molar-refractivity contribution is 0.247. The van der Waals surface area contributed by atoms with Crippen LogP contribution in [0.15, 0.2) is 30.5 Å². The van der Waals surface area contributed by atoms with Crippen LogP contribution in [0.5, 0.6) is 0 Å². The highest BCUT2D eigenvalue weighted by Crippen LogP contribution is 2.29. The number of nitrogens with one attached hydrogen (secondary N) is 2. The first kappa shape index (κ1) is 14.2. The molecule has 2 heterocycles. The molecule has 3 aromatic rings. The molecule has 0 unspecified atom stereocenters. The number of rotatable bonds is 2. The fourth-order valence-corrected chi connectivity index (χ4v) is 3.93. The molecule has 0 aliphatic heterocycles. The van der Waals surface area contributed by atoms with Gasteiger partial charge in [0.1, 0.15) is 0 Å². The zero-order chi connectivity index (χ0) is 15.8. The van der Waals surface area contributed by atoms with Crippen molar-refractivity contribution in [3.63, 3.8) is 0 Å². The van der Waals surface area contributed by atoms with E-state index in [2.05, 4.69) is 20.7 Å². The number of anilines is 1. The van der Waals surface area contributed by atoms with Crippen molar-refractivity contribution >= 4 is 32.7 Å². The molecule has 6 nitrogen and oxygen atoms in total. The number of carbonyl (C=O) groups excluding carboxylic acids is 1. The molecule has 7 heteroatoms. The van der Waals surface area contributed by atoms with Crippen molar-refractivity contribution in [1.29, 1.82) is 0 Å². The quantitative estimate of drug-likeness (QED) is 0.759. The van der Waals surface area contributed by atoms with E-state index in [1.54, 1.807) is 0 Å². The van der Waals surface area contributed by atoms with Crippen LogP contribution in [0, 0.1) is 0 Å². The van der Waals surface area contributed by atoms with E-state index in [0.29, 0.717) is 5.13 Å². The highest BCUT2D eigenvalue weighted by molar-refractivity contribution is 7.22. The number of nitrogens with zero attached hydrogens (tertiary/aromatic N) is 3. The van der Waals surface area contributed by atoms with Gasteiger partial charge in [-0.2, -0.15) is 5.10 Å². The number of aryl methyl sites for hydroxylation is 1. The fraction of sp³-hybridized carbons (Fsp3) is 0.312. The van der Waals surface area contributed by atoms with E-state index >= 15 is 0 Å². The highest BCUT2D eigenvalue weighted by Gasteiger charge is 2.24. The number of hydrogen-bond acceptors (Lipinski definition) is 4. The molecule has 0 bridgehead atoms. The van der Waals surface area contributed by atoms with Gasteiger partial charge < -0.3 is 5.32 Å². The molecular formula is C16H17N5OS. The number of fused-ring (bicyclic) bond motifs is 2. The van der Waals surface area contributed by atoms with E-state index in [-0.39, 0.29) is 12.1 Å². The standard InChI is InChI=1S/C16H17N5OS/c1-21-13-7-4-6-11(10(13)9-17-21)18-15(22)20-16-19-12-5-2-3-8-14(12)23-16/h2-3,5,8-9,11H,4,6-7H2,1H3,(H2,18,19,20,22)/t11-/m0/s1. The zero-order valence-electron chi connectivity index (χ0n) is 12.7. The Bertz CT molecular complexity index is 835. The number of urea groups is 1. The Balaban J connectivity index is 1.48. The number of aromatic nitrogens is 3. The first-order valence-corrected chi connectivity index (χ1v) is 8.46. The van der Waals surface area contributed by atoms with Crippen LogP contribution < -0.4 is 10.6 Å². The first-order chi connectivity index (χ1) is 11.2. The molecule has 0 spiro atoms. The molecular weight excluding hydrogens is 310 g/mol. The van der Waals surface area contributed by atoms with Crippen molar-refractivity contribution in [2.75, 3.05) is 5.32 Å². The Morgan fingerprint density at radius 1 is 1.39 bits per heavy atom. The Kier molecular flexibility index (Phi) is 3.49. The maximum atomic E-state index is 12.3. The zero-order valence-corrected chi connectivity index (χ0v) is 13.6. The third-order valence-corrected chi connectivity index (χ3v) is 5.15. The summed E-state index contributed by atoms with van der Waals surface area (Å²) in [5.41, 5.74) is 3.24. The van der Waals surface area contributed by atoms with Crippen LogP contribution in [0.2, 0.25) is 0 Å². The van der Waals surface area contributed by atoms with Gasteiger partial charge in [-0.05, 0) is 31.4 Å². The van der Waals surface area contributed by atoms with E-state index in [1.165, 1.54) is 17.0 Å². The second kappa shape index (κ2) is 5.66. The van der Waals surface area contributed by atoms with Crippen LogP contribution in [0.1, 0.15) is 30.1 Å². The van der Waals surface area contributed by atoms with Crippen molar-refractivity contribution in [3.05, 3.63) is 41.7 Å². The van der Waals surface area contributed by atoms with Gasteiger partial charge >= 0.3 is 6.03 Å². The van der Waals surface area contributed by atoms with Crippen LogP contribution in [-0.2, 0) is 13.5 Å². The van der Waals surface area contributed by atoms with Crippen LogP contribution in [0.3, 0.4) is 0 Å². The van der Waals surface area contributed by atoms with Gasteiger partial charge in [0, 0.05) is 18.3 Å². The summed E-state index contributed by atoms with van der Waals surface area (Å²) in [5, 5.41) is 10.8. The fourth-order valence-electron chi connectivity index (χ4n) is 3.07. The number of thiazole rings is 1. The van der Waals surface area contributed by atoms with E-state index < -0.39 is 0 Å². The van der Waals surface area contributed by atoms with Crippen molar-refractivity contribution < 1.29 is 4.79 Å². The molecule has 0 fully saturated rings. The second-order valence-electron chi connectivity index (χ2n) is 5.70. The second-order valence-corrected chi connectivity index (χ2v) is 6.73. The third kappa shape index (κ3) is 2.68. The van der Waals surface area contributed by atoms with E-state index in [4.69, 9.17) is 0 Å². The molecule has 1 atom stereocenters. The molecule has 2 N–H and O–H groups in total. The van der Waals surface area contributed by atoms with Crippen LogP contribution in [0.25, 0.3) is 10.2 Å². The normalized spacial score (nSPS) is 17.0. The van der Waals surface area contributed by atoms with Crippen LogP contribution >= 0.6 is 11.3 Å². The highest BCUT2D eigenvalue weighted by atomic mass is 32.1. The van der Waals surface area contributed by atoms with Crippen LogP contribution in [0.4, 0.5) is 9.93 Å². The first-order valence-electron chi connectivity index (χ1n) is 7.64. The van der Waals surface area contributed by atoms with E-state index in [0.717, 1.165) is 35.0 Å². The molecule has 0 saturated heterocycles. The maximum Gasteiger partial charge on any atom is 0.321 e. The molecule has 2 amide bonds. The molecule has 0 saturated carbocycles. The lowest BCUT2D eigenvalue weighted by Crippen LogP contribution is -2.34. The Labute approximate surface area is 137 Å². The van der Waals surface area contributed by atoms with E-state index in [9.17, 15) is 4.79 Å². The third-order valence-electron chi connectivity index (χ3n) is 4.20. The smallest absolute Gasteiger partial charge is 0.321 e. The SMILES string of the molecule is Cn1ncc2c1CCC[C@@H]2NC(=O)Nc1nc2ccccc2s1. The van der Waals surface area contributed by atoms with Gasteiger partial charge in [0.05, 0.1) is 22.5 Å². The largest absolute Gasteiger partial charge is 0.331 e. The molecule has 1 aliphatic carbocycles. The minimum Gasteiger partial charge on any atom is -0.331 e. The summed E-state index contributed by atoms with van der Waals surface area (Å²) in [6.45, 7) is 0. The topological polar surface area (TPSA) is 71.8 Å². The summed E-state index contributed by atoms with van der Waals surface area (Å²) in [5.74, 6) is 0. The summed E-state index contributed by atoms with van der Waals surface area (Å²) in [7, 11) is 1.95. The van der Waals surface area contributed by atoms with Gasteiger partial charge in [-0.15, -0.1) is 0 Å². The lowest BCUT2D eigenvalue weighted by Gasteiger charge is -2.23. The molecule has 118 valence electrons. The van der Waals surface area contributed by atoms with Gasteiger partial charge in [0.2, 0.25) is 0 Å². The molecule has 2 aromatic heterocycles. The van der Waals surface area contributed by atoms with Crippen molar-refractivity contribution in [3.8, 4) is 0 Å². The van der Waals surface area contributed by atoms with Crippen molar-refractivity contribution in [2.45, 2.75) is 25.3 Å². The Morgan fingerprint density at radius 3 is 3.13 bits per heavy atom. The number of para-hydroxylation sites is 1. The summed E-state index contributed by atoms with van der Waals surface area (Å²) in [6.07, 6.45) is 4.87. The van der Waals surface area contributed by atoms with Gasteiger partial charge in [0.25, 0.3) is 0 Å².